The molecule has 0 radical (unpaired) electrons. The van der Waals surface area contributed by atoms with Crippen LogP contribution in [0.2, 0.25) is 0 Å². The first kappa shape index (κ1) is 16.6. The van der Waals surface area contributed by atoms with Crippen LogP contribution in [0.4, 0.5) is 0 Å². The maximum atomic E-state index is 13.0. The molecule has 0 bridgehead atoms. The fraction of sp³-hybridized carbons (Fsp3) is 0.737. The number of aryl methyl sites for hydroxylation is 1. The summed E-state index contributed by atoms with van der Waals surface area (Å²) in [5, 5.41) is 0. The van der Waals surface area contributed by atoms with Crippen molar-refractivity contribution in [2.45, 2.75) is 51.5 Å². The monoisotopic (exact) mass is 317 g/mol. The molecule has 23 heavy (non-hydrogen) atoms. The van der Waals surface area contributed by atoms with Crippen molar-refractivity contribution in [1.29, 1.82) is 0 Å². The van der Waals surface area contributed by atoms with E-state index in [1.807, 2.05) is 29.9 Å². The standard InChI is InChI=1S/C19H31N3O/c1-16-9-13-21(14-10-16)15-17-7-4-3-5-12-22(17)19(23)18-8-6-11-20(18)2/h6,8,11,16-17H,3-5,7,9-10,12-15H2,1-2H3. The van der Waals surface area contributed by atoms with Gasteiger partial charge in [-0.1, -0.05) is 19.8 Å². The van der Waals surface area contributed by atoms with Gasteiger partial charge in [0.25, 0.3) is 5.91 Å². The van der Waals surface area contributed by atoms with E-state index < -0.39 is 0 Å². The summed E-state index contributed by atoms with van der Waals surface area (Å²) < 4.78 is 1.95. The maximum Gasteiger partial charge on any atom is 0.270 e. The molecule has 0 aliphatic carbocycles. The Kier molecular flexibility index (Phi) is 5.42. The SMILES string of the molecule is CC1CCN(CC2CCCCCN2C(=O)c2cccn2C)CC1. The summed E-state index contributed by atoms with van der Waals surface area (Å²) >= 11 is 0. The van der Waals surface area contributed by atoms with E-state index >= 15 is 0 Å². The number of carbonyl (C=O) groups excluding carboxylic acids is 1. The van der Waals surface area contributed by atoms with Gasteiger partial charge in [0.1, 0.15) is 5.69 Å². The van der Waals surface area contributed by atoms with E-state index in [0.717, 1.165) is 37.5 Å². The van der Waals surface area contributed by atoms with Gasteiger partial charge in [-0.15, -0.1) is 0 Å². The summed E-state index contributed by atoms with van der Waals surface area (Å²) in [6, 6.07) is 4.30. The third-order valence-corrected chi connectivity index (χ3v) is 5.65. The van der Waals surface area contributed by atoms with Gasteiger partial charge < -0.3 is 14.4 Å². The number of nitrogens with zero attached hydrogens (tertiary/aromatic N) is 3. The Labute approximate surface area is 140 Å². The summed E-state index contributed by atoms with van der Waals surface area (Å²) in [7, 11) is 1.96. The summed E-state index contributed by atoms with van der Waals surface area (Å²) in [4.78, 5) is 17.8. The number of aromatic nitrogens is 1. The van der Waals surface area contributed by atoms with Gasteiger partial charge in [0, 0.05) is 32.4 Å². The smallest absolute Gasteiger partial charge is 0.270 e. The van der Waals surface area contributed by atoms with Crippen LogP contribution in [-0.4, -0.2) is 52.5 Å². The Morgan fingerprint density at radius 1 is 1.13 bits per heavy atom. The van der Waals surface area contributed by atoms with E-state index in [0.29, 0.717) is 6.04 Å². The number of hydrogen-bond acceptors (Lipinski definition) is 2. The predicted octanol–water partition coefficient (Wildman–Crippen LogP) is 3.14. The molecule has 128 valence electrons. The molecule has 1 atom stereocenters. The minimum Gasteiger partial charge on any atom is -0.347 e. The van der Waals surface area contributed by atoms with Crippen molar-refractivity contribution in [2.75, 3.05) is 26.2 Å². The molecule has 3 heterocycles. The van der Waals surface area contributed by atoms with Crippen molar-refractivity contribution < 1.29 is 4.79 Å². The van der Waals surface area contributed by atoms with E-state index in [9.17, 15) is 4.79 Å². The van der Waals surface area contributed by atoms with Crippen LogP contribution < -0.4 is 0 Å². The van der Waals surface area contributed by atoms with Crippen molar-refractivity contribution in [2.24, 2.45) is 13.0 Å². The second kappa shape index (κ2) is 7.52. The van der Waals surface area contributed by atoms with Crippen LogP contribution in [0, 0.1) is 5.92 Å². The molecule has 0 saturated carbocycles. The van der Waals surface area contributed by atoms with Gasteiger partial charge >= 0.3 is 0 Å². The molecule has 1 amide bonds. The Morgan fingerprint density at radius 2 is 1.91 bits per heavy atom. The Bertz CT molecular complexity index is 516. The second-order valence-corrected chi connectivity index (χ2v) is 7.49. The van der Waals surface area contributed by atoms with E-state index in [-0.39, 0.29) is 5.91 Å². The van der Waals surface area contributed by atoms with Gasteiger partial charge in [-0.25, -0.2) is 0 Å². The minimum absolute atomic E-state index is 0.217. The molecule has 4 heteroatoms. The molecular formula is C19H31N3O. The first-order valence-corrected chi connectivity index (χ1v) is 9.30. The average molecular weight is 317 g/mol. The molecule has 3 rings (SSSR count). The third-order valence-electron chi connectivity index (χ3n) is 5.65. The lowest BCUT2D eigenvalue weighted by atomic mass is 9.98. The van der Waals surface area contributed by atoms with Crippen LogP contribution in [0.15, 0.2) is 18.3 Å². The fourth-order valence-corrected chi connectivity index (χ4v) is 4.01. The van der Waals surface area contributed by atoms with Crippen molar-refractivity contribution in [3.8, 4) is 0 Å². The minimum atomic E-state index is 0.217. The van der Waals surface area contributed by atoms with E-state index in [4.69, 9.17) is 0 Å². The van der Waals surface area contributed by atoms with Gasteiger partial charge in [0.15, 0.2) is 0 Å². The Hall–Kier alpha value is -1.29. The molecule has 1 unspecified atom stereocenters. The van der Waals surface area contributed by atoms with Crippen LogP contribution in [0.1, 0.15) is 55.9 Å². The van der Waals surface area contributed by atoms with Crippen LogP contribution in [0.25, 0.3) is 0 Å². The Balaban J connectivity index is 1.70. The zero-order valence-corrected chi connectivity index (χ0v) is 14.7. The van der Waals surface area contributed by atoms with Crippen LogP contribution >= 0.6 is 0 Å². The van der Waals surface area contributed by atoms with Gasteiger partial charge in [-0.2, -0.15) is 0 Å². The summed E-state index contributed by atoms with van der Waals surface area (Å²) in [5.41, 5.74) is 0.823. The number of likely N-dealkylation sites (tertiary alicyclic amines) is 2. The normalized spacial score (nSPS) is 24.6. The van der Waals surface area contributed by atoms with Crippen molar-refractivity contribution in [3.05, 3.63) is 24.0 Å². The Morgan fingerprint density at radius 3 is 2.61 bits per heavy atom. The highest BCUT2D eigenvalue weighted by atomic mass is 16.2. The number of hydrogen-bond donors (Lipinski definition) is 0. The molecule has 2 aliphatic rings. The summed E-state index contributed by atoms with van der Waals surface area (Å²) in [6.07, 6.45) is 9.38. The van der Waals surface area contributed by atoms with E-state index in [1.54, 1.807) is 0 Å². The first-order valence-electron chi connectivity index (χ1n) is 9.30. The van der Waals surface area contributed by atoms with Gasteiger partial charge in [-0.3, -0.25) is 4.79 Å². The number of piperidine rings is 1. The zero-order chi connectivity index (χ0) is 16.2. The average Bonchev–Trinajstić information content (AvgIpc) is 2.84. The summed E-state index contributed by atoms with van der Waals surface area (Å²) in [5.74, 6) is 1.08. The van der Waals surface area contributed by atoms with Crippen molar-refractivity contribution in [1.82, 2.24) is 14.4 Å². The summed E-state index contributed by atoms with van der Waals surface area (Å²) in [6.45, 7) is 6.73. The highest BCUT2D eigenvalue weighted by molar-refractivity contribution is 5.93. The lowest BCUT2D eigenvalue weighted by Crippen LogP contribution is -2.48. The van der Waals surface area contributed by atoms with E-state index in [1.165, 1.54) is 38.8 Å². The van der Waals surface area contributed by atoms with Crippen molar-refractivity contribution >= 4 is 5.91 Å². The lowest BCUT2D eigenvalue weighted by molar-refractivity contribution is 0.0596. The zero-order valence-electron chi connectivity index (χ0n) is 14.7. The van der Waals surface area contributed by atoms with E-state index in [2.05, 4.69) is 16.7 Å². The quantitative estimate of drug-likeness (QED) is 0.857. The highest BCUT2D eigenvalue weighted by Gasteiger charge is 2.29. The molecule has 0 spiro atoms. The number of carbonyl (C=O) groups is 1. The molecule has 2 fully saturated rings. The van der Waals surface area contributed by atoms with Crippen LogP contribution in [0.3, 0.4) is 0 Å². The molecule has 1 aromatic rings. The topological polar surface area (TPSA) is 28.5 Å². The molecule has 1 aromatic heterocycles. The predicted molar refractivity (Wildman–Crippen MR) is 93.5 cm³/mol. The van der Waals surface area contributed by atoms with Crippen LogP contribution in [-0.2, 0) is 7.05 Å². The van der Waals surface area contributed by atoms with Crippen molar-refractivity contribution in [3.63, 3.8) is 0 Å². The highest BCUT2D eigenvalue weighted by Crippen LogP contribution is 2.23. The molecule has 2 saturated heterocycles. The largest absolute Gasteiger partial charge is 0.347 e. The fourth-order valence-electron chi connectivity index (χ4n) is 4.01. The van der Waals surface area contributed by atoms with Gasteiger partial charge in [0.2, 0.25) is 0 Å². The maximum absolute atomic E-state index is 13.0. The first-order chi connectivity index (χ1) is 11.1. The van der Waals surface area contributed by atoms with Gasteiger partial charge in [0.05, 0.1) is 0 Å². The molecule has 2 aliphatic heterocycles. The second-order valence-electron chi connectivity index (χ2n) is 7.49. The van der Waals surface area contributed by atoms with Gasteiger partial charge in [-0.05, 0) is 56.8 Å². The lowest BCUT2D eigenvalue weighted by Gasteiger charge is -2.37. The third kappa shape index (κ3) is 3.97. The van der Waals surface area contributed by atoms with Crippen LogP contribution in [0.5, 0.6) is 0 Å². The number of rotatable bonds is 3. The molecular weight excluding hydrogens is 286 g/mol. The number of amides is 1. The molecule has 4 nitrogen and oxygen atoms in total. The molecule has 0 N–H and O–H groups in total. The molecule has 0 aromatic carbocycles.